The van der Waals surface area contributed by atoms with E-state index in [0.29, 0.717) is 55.2 Å². The Kier molecular flexibility index (Phi) is 6.97. The van der Waals surface area contributed by atoms with Crippen molar-refractivity contribution in [1.29, 1.82) is 0 Å². The molecule has 12 heteroatoms. The van der Waals surface area contributed by atoms with E-state index in [9.17, 15) is 19.5 Å². The molecule has 4 atom stereocenters. The molecule has 11 nitrogen and oxygen atoms in total. The molecular formula is C29H35N5O6Si. The van der Waals surface area contributed by atoms with E-state index in [0.717, 1.165) is 5.69 Å². The van der Waals surface area contributed by atoms with E-state index in [1.807, 2.05) is 68.5 Å². The van der Waals surface area contributed by atoms with Crippen LogP contribution in [0.1, 0.15) is 24.6 Å². The Morgan fingerprint density at radius 2 is 1.90 bits per heavy atom. The summed E-state index contributed by atoms with van der Waals surface area (Å²) in [6, 6.07) is 15.0. The van der Waals surface area contributed by atoms with Crippen molar-refractivity contribution in [3.8, 4) is 0 Å². The van der Waals surface area contributed by atoms with E-state index in [4.69, 9.17) is 9.47 Å². The Labute approximate surface area is 239 Å². The Bertz CT molecular complexity index is 1460. The molecule has 0 aliphatic carbocycles. The van der Waals surface area contributed by atoms with E-state index >= 15 is 0 Å². The molecule has 1 spiro atoms. The largest absolute Gasteiger partial charge is 0.447 e. The number of aliphatic hydroxyl groups excluding tert-OH is 1. The summed E-state index contributed by atoms with van der Waals surface area (Å²) < 4.78 is 13.8. The second-order valence-electron chi connectivity index (χ2n) is 11.5. The van der Waals surface area contributed by atoms with Crippen LogP contribution in [0.15, 0.2) is 54.7 Å². The van der Waals surface area contributed by atoms with Gasteiger partial charge in [0.2, 0.25) is 0 Å². The lowest BCUT2D eigenvalue weighted by atomic mass is 9.82. The van der Waals surface area contributed by atoms with Crippen LogP contribution in [0.3, 0.4) is 0 Å². The molecular weight excluding hydrogens is 542 g/mol. The summed E-state index contributed by atoms with van der Waals surface area (Å²) in [5.74, 6) is -0.551. The third-order valence-electron chi connectivity index (χ3n) is 8.56. The van der Waals surface area contributed by atoms with E-state index < -0.39 is 26.1 Å². The fraction of sp³-hybridized carbons (Fsp3) is 0.448. The number of aliphatic hydroxyl groups is 1. The Morgan fingerprint density at radius 3 is 2.59 bits per heavy atom. The standard InChI is InChI=1S/C29H35N5O6Si/c1-19-26(41(2,3)38)25(11-13-32-18-20(12-15-35)30-31-32)40-29(19)23-17-22(33-14-16-39-28(33)37)9-10-24(23)34(27(29)36)21-7-5-4-6-8-21/h4-10,17-19,25-26,35,38H,11-16H2,1-3H3/t19-,25+,26-,29+/m1/s1. The number of nitrogens with zero attached hydrogens (tertiary/aromatic N) is 5. The molecule has 0 saturated carbocycles. The highest BCUT2D eigenvalue weighted by Gasteiger charge is 2.66. The zero-order chi connectivity index (χ0) is 28.9. The number of hydrogen-bond acceptors (Lipinski definition) is 8. The SMILES string of the molecule is C[C@@H]1[C@@H]([Si](C)(C)O)[C@H](CCn2cc(CCO)nn2)O[C@@]12C(=O)N(c1ccccc1)c1ccc(N3CCOC3=O)cc12. The lowest BCUT2D eigenvalue weighted by Crippen LogP contribution is -2.45. The Hall–Kier alpha value is -3.58. The fourth-order valence-electron chi connectivity index (χ4n) is 6.83. The first-order chi connectivity index (χ1) is 19.6. The predicted molar refractivity (Wildman–Crippen MR) is 153 cm³/mol. The van der Waals surface area contributed by atoms with Crippen LogP contribution >= 0.6 is 0 Å². The van der Waals surface area contributed by atoms with Crippen LogP contribution in [0.2, 0.25) is 18.6 Å². The summed E-state index contributed by atoms with van der Waals surface area (Å²) in [7, 11) is -2.85. The fourth-order valence-corrected chi connectivity index (χ4v) is 9.43. The molecule has 2 aromatic carbocycles. The van der Waals surface area contributed by atoms with Gasteiger partial charge in [-0.15, -0.1) is 5.10 Å². The summed E-state index contributed by atoms with van der Waals surface area (Å²) in [5, 5.41) is 17.5. The topological polar surface area (TPSA) is 130 Å². The number of ether oxygens (including phenoxy) is 2. The molecule has 3 aliphatic rings. The molecule has 216 valence electrons. The van der Waals surface area contributed by atoms with Gasteiger partial charge in [-0.25, -0.2) is 4.79 Å². The van der Waals surface area contributed by atoms with E-state index in [-0.39, 0.29) is 24.0 Å². The maximum absolute atomic E-state index is 14.6. The molecule has 6 rings (SSSR count). The molecule has 4 heterocycles. The first-order valence-electron chi connectivity index (χ1n) is 14.0. The molecule has 41 heavy (non-hydrogen) atoms. The smallest absolute Gasteiger partial charge is 0.414 e. The van der Waals surface area contributed by atoms with Crippen molar-refractivity contribution in [2.75, 3.05) is 29.6 Å². The van der Waals surface area contributed by atoms with Crippen molar-refractivity contribution in [2.45, 2.75) is 56.7 Å². The molecule has 2 saturated heterocycles. The lowest BCUT2D eigenvalue weighted by Gasteiger charge is -2.32. The monoisotopic (exact) mass is 577 g/mol. The zero-order valence-electron chi connectivity index (χ0n) is 23.4. The molecule has 3 aliphatic heterocycles. The summed E-state index contributed by atoms with van der Waals surface area (Å²) in [6.45, 7) is 6.99. The summed E-state index contributed by atoms with van der Waals surface area (Å²) in [5.41, 5.74) is 1.85. The second kappa shape index (κ2) is 10.4. The number of aryl methyl sites for hydroxylation is 1. The van der Waals surface area contributed by atoms with Crippen molar-refractivity contribution in [1.82, 2.24) is 15.0 Å². The number of cyclic esters (lactones) is 1. The number of para-hydroxylation sites is 1. The highest BCUT2D eigenvalue weighted by molar-refractivity contribution is 6.71. The minimum atomic E-state index is -2.85. The molecule has 2 fully saturated rings. The minimum absolute atomic E-state index is 0.00653. The van der Waals surface area contributed by atoms with Gasteiger partial charge in [-0.2, -0.15) is 0 Å². The molecule has 2 amide bonds. The predicted octanol–water partition coefficient (Wildman–Crippen LogP) is 3.34. The minimum Gasteiger partial charge on any atom is -0.447 e. The van der Waals surface area contributed by atoms with Crippen LogP contribution < -0.4 is 9.80 Å². The maximum Gasteiger partial charge on any atom is 0.414 e. The molecule has 2 N–H and O–H groups in total. The number of fused-ring (bicyclic) bond motifs is 2. The van der Waals surface area contributed by atoms with Crippen LogP contribution in [0.5, 0.6) is 0 Å². The number of carbonyl (C=O) groups is 2. The average molecular weight is 578 g/mol. The lowest BCUT2D eigenvalue weighted by molar-refractivity contribution is -0.145. The summed E-state index contributed by atoms with van der Waals surface area (Å²) in [4.78, 5) is 41.9. The number of aromatic nitrogens is 3. The second-order valence-corrected chi connectivity index (χ2v) is 15.5. The number of hydrogen-bond donors (Lipinski definition) is 2. The third-order valence-corrected chi connectivity index (χ3v) is 11.1. The first-order valence-corrected chi connectivity index (χ1v) is 17.1. The van der Waals surface area contributed by atoms with Gasteiger partial charge < -0.3 is 19.4 Å². The van der Waals surface area contributed by atoms with Crippen LogP contribution in [0, 0.1) is 5.92 Å². The van der Waals surface area contributed by atoms with Gasteiger partial charge in [-0.3, -0.25) is 19.3 Å². The normalized spacial score (nSPS) is 25.8. The van der Waals surface area contributed by atoms with Gasteiger partial charge in [0.05, 0.1) is 24.0 Å². The van der Waals surface area contributed by atoms with Gasteiger partial charge in [0.25, 0.3) is 5.91 Å². The number of carbonyl (C=O) groups excluding carboxylic acids is 2. The Morgan fingerprint density at radius 1 is 1.12 bits per heavy atom. The average Bonchev–Trinajstić information content (AvgIpc) is 3.70. The summed E-state index contributed by atoms with van der Waals surface area (Å²) >= 11 is 0. The number of rotatable bonds is 8. The van der Waals surface area contributed by atoms with Gasteiger partial charge >= 0.3 is 6.09 Å². The summed E-state index contributed by atoms with van der Waals surface area (Å²) in [6.07, 6.45) is 1.90. The van der Waals surface area contributed by atoms with E-state index in [2.05, 4.69) is 10.3 Å². The first kappa shape index (κ1) is 27.6. The van der Waals surface area contributed by atoms with Crippen LogP contribution in [-0.4, -0.2) is 71.1 Å². The van der Waals surface area contributed by atoms with Gasteiger partial charge in [-0.05, 0) is 49.8 Å². The highest BCUT2D eigenvalue weighted by atomic mass is 28.4. The molecule has 1 aromatic heterocycles. The van der Waals surface area contributed by atoms with Crippen molar-refractivity contribution in [2.24, 2.45) is 5.92 Å². The zero-order valence-corrected chi connectivity index (χ0v) is 24.4. The van der Waals surface area contributed by atoms with Gasteiger partial charge in [0.15, 0.2) is 13.9 Å². The van der Waals surface area contributed by atoms with Crippen molar-refractivity contribution in [3.05, 3.63) is 66.0 Å². The van der Waals surface area contributed by atoms with Gasteiger partial charge in [-0.1, -0.05) is 30.3 Å². The van der Waals surface area contributed by atoms with Crippen LogP contribution in [0.25, 0.3) is 0 Å². The Balaban J connectivity index is 1.43. The number of amides is 2. The van der Waals surface area contributed by atoms with E-state index in [1.165, 1.54) is 0 Å². The van der Waals surface area contributed by atoms with Crippen molar-refractivity contribution in [3.63, 3.8) is 0 Å². The third kappa shape index (κ3) is 4.55. The van der Waals surface area contributed by atoms with Gasteiger partial charge in [0, 0.05) is 54.2 Å². The maximum atomic E-state index is 14.6. The quantitative estimate of drug-likeness (QED) is 0.390. The van der Waals surface area contributed by atoms with Crippen molar-refractivity contribution < 1.29 is 29.0 Å². The van der Waals surface area contributed by atoms with Crippen LogP contribution in [0.4, 0.5) is 21.9 Å². The number of anilines is 3. The van der Waals surface area contributed by atoms with Crippen LogP contribution in [-0.2, 0) is 32.8 Å². The van der Waals surface area contributed by atoms with E-state index in [1.54, 1.807) is 20.7 Å². The molecule has 0 unspecified atom stereocenters. The number of benzene rings is 2. The van der Waals surface area contributed by atoms with Gasteiger partial charge in [0.1, 0.15) is 6.61 Å². The molecule has 0 radical (unpaired) electrons. The molecule has 0 bridgehead atoms. The molecule has 3 aromatic rings. The highest BCUT2D eigenvalue weighted by Crippen LogP contribution is 2.61. The van der Waals surface area contributed by atoms with Crippen molar-refractivity contribution >= 4 is 37.4 Å².